The highest BCUT2D eigenvalue weighted by molar-refractivity contribution is 7.92. The topological polar surface area (TPSA) is 102 Å². The zero-order valence-electron chi connectivity index (χ0n) is 18.3. The number of halogens is 1. The predicted octanol–water partition coefficient (Wildman–Crippen LogP) is 4.30. The smallest absolute Gasteiger partial charge is 0.262 e. The Morgan fingerprint density at radius 3 is 2.34 bits per heavy atom. The SMILES string of the molecule is CCOc1ccc(NS(=O)(=O)c2cc(NC(=O)Cn3nc(C)c(Cl)c3C)ccc2C)cc1. The molecule has 2 N–H and O–H groups in total. The van der Waals surface area contributed by atoms with Gasteiger partial charge in [-0.1, -0.05) is 17.7 Å². The van der Waals surface area contributed by atoms with Crippen LogP contribution in [0.15, 0.2) is 47.4 Å². The lowest BCUT2D eigenvalue weighted by Crippen LogP contribution is -2.21. The maximum Gasteiger partial charge on any atom is 0.262 e. The Morgan fingerprint density at radius 1 is 1.09 bits per heavy atom. The molecule has 0 saturated carbocycles. The number of amides is 1. The number of aromatic nitrogens is 2. The molecular formula is C22H25ClN4O4S. The molecule has 0 aliphatic carbocycles. The van der Waals surface area contributed by atoms with E-state index < -0.39 is 10.0 Å². The van der Waals surface area contributed by atoms with Gasteiger partial charge in [0, 0.05) is 11.4 Å². The first kappa shape index (κ1) is 23.6. The molecule has 0 spiro atoms. The van der Waals surface area contributed by atoms with Crippen LogP contribution in [0.25, 0.3) is 0 Å². The number of nitrogens with zero attached hydrogens (tertiary/aromatic N) is 2. The van der Waals surface area contributed by atoms with Crippen LogP contribution in [0.5, 0.6) is 5.75 Å². The van der Waals surface area contributed by atoms with Crippen LogP contribution in [-0.2, 0) is 21.4 Å². The molecule has 1 aromatic heterocycles. The van der Waals surface area contributed by atoms with Crippen molar-refractivity contribution < 1.29 is 17.9 Å². The lowest BCUT2D eigenvalue weighted by atomic mass is 10.2. The third kappa shape index (κ3) is 5.41. The van der Waals surface area contributed by atoms with Crippen LogP contribution < -0.4 is 14.8 Å². The van der Waals surface area contributed by atoms with E-state index in [9.17, 15) is 13.2 Å². The Hall–Kier alpha value is -3.04. The number of carbonyl (C=O) groups is 1. The highest BCUT2D eigenvalue weighted by atomic mass is 35.5. The summed E-state index contributed by atoms with van der Waals surface area (Å²) in [7, 11) is -3.87. The van der Waals surface area contributed by atoms with E-state index in [1.807, 2.05) is 6.92 Å². The number of hydrogen-bond donors (Lipinski definition) is 2. The fourth-order valence-corrected chi connectivity index (χ4v) is 4.59. The Balaban J connectivity index is 1.76. The molecule has 0 aliphatic rings. The fourth-order valence-electron chi connectivity index (χ4n) is 3.13. The molecule has 1 heterocycles. The standard InChI is InChI=1S/C22H25ClN4O4S/c1-5-31-19-10-8-17(9-11-19)26-32(29,30)20-12-18(7-6-14(20)2)24-21(28)13-27-16(4)22(23)15(3)25-27/h6-12,26H,5,13H2,1-4H3,(H,24,28). The summed E-state index contributed by atoms with van der Waals surface area (Å²) in [6.45, 7) is 7.58. The monoisotopic (exact) mass is 476 g/mol. The van der Waals surface area contributed by atoms with Crippen molar-refractivity contribution >= 4 is 38.9 Å². The van der Waals surface area contributed by atoms with E-state index in [1.165, 1.54) is 10.7 Å². The highest BCUT2D eigenvalue weighted by Gasteiger charge is 2.19. The quantitative estimate of drug-likeness (QED) is 0.504. The zero-order chi connectivity index (χ0) is 23.5. The first-order chi connectivity index (χ1) is 15.1. The summed E-state index contributed by atoms with van der Waals surface area (Å²) in [4.78, 5) is 12.6. The number of aryl methyl sites for hydroxylation is 2. The van der Waals surface area contributed by atoms with Gasteiger partial charge in [0.15, 0.2) is 0 Å². The van der Waals surface area contributed by atoms with Gasteiger partial charge < -0.3 is 10.1 Å². The van der Waals surface area contributed by atoms with Crippen LogP contribution >= 0.6 is 11.6 Å². The largest absolute Gasteiger partial charge is 0.494 e. The van der Waals surface area contributed by atoms with Crippen molar-refractivity contribution in [1.82, 2.24) is 9.78 Å². The van der Waals surface area contributed by atoms with Crippen LogP contribution in [0.1, 0.15) is 23.9 Å². The lowest BCUT2D eigenvalue weighted by Gasteiger charge is -2.13. The molecule has 8 nitrogen and oxygen atoms in total. The number of ether oxygens (including phenoxy) is 1. The minimum absolute atomic E-state index is 0.0419. The Labute approximate surface area is 192 Å². The Kier molecular flexibility index (Phi) is 7.10. The second-order valence-electron chi connectivity index (χ2n) is 7.23. The van der Waals surface area contributed by atoms with Gasteiger partial charge in [-0.25, -0.2) is 8.42 Å². The summed E-state index contributed by atoms with van der Waals surface area (Å²) in [5.41, 5.74) is 2.64. The number of anilines is 2. The van der Waals surface area contributed by atoms with Crippen molar-refractivity contribution in [2.24, 2.45) is 0 Å². The molecule has 1 amide bonds. The molecule has 0 fully saturated rings. The van der Waals surface area contributed by atoms with Gasteiger partial charge >= 0.3 is 0 Å². The van der Waals surface area contributed by atoms with Gasteiger partial charge in [-0.2, -0.15) is 5.10 Å². The summed E-state index contributed by atoms with van der Waals surface area (Å²) >= 11 is 6.13. The average Bonchev–Trinajstić information content (AvgIpc) is 2.97. The van der Waals surface area contributed by atoms with E-state index in [4.69, 9.17) is 16.3 Å². The fraction of sp³-hybridized carbons (Fsp3) is 0.273. The second kappa shape index (κ2) is 9.62. The van der Waals surface area contributed by atoms with Gasteiger partial charge in [0.05, 0.1) is 27.9 Å². The van der Waals surface area contributed by atoms with Crippen molar-refractivity contribution in [1.29, 1.82) is 0 Å². The Morgan fingerprint density at radius 2 is 1.75 bits per heavy atom. The molecule has 3 rings (SSSR count). The van der Waals surface area contributed by atoms with E-state index in [0.717, 1.165) is 0 Å². The summed E-state index contributed by atoms with van der Waals surface area (Å²) in [6, 6.07) is 11.4. The van der Waals surface area contributed by atoms with Gasteiger partial charge in [0.25, 0.3) is 10.0 Å². The van der Waals surface area contributed by atoms with Crippen LogP contribution in [0.4, 0.5) is 11.4 Å². The predicted molar refractivity (Wildman–Crippen MR) is 125 cm³/mol. The van der Waals surface area contributed by atoms with Crippen molar-refractivity contribution in [3.05, 3.63) is 64.4 Å². The number of rotatable bonds is 8. The van der Waals surface area contributed by atoms with E-state index in [-0.39, 0.29) is 17.3 Å². The normalized spacial score (nSPS) is 11.3. The van der Waals surface area contributed by atoms with Crippen molar-refractivity contribution in [3.63, 3.8) is 0 Å². The third-order valence-corrected chi connectivity index (χ3v) is 6.84. The number of carbonyl (C=O) groups excluding carboxylic acids is 1. The Bertz CT molecular complexity index is 1240. The molecule has 0 unspecified atom stereocenters. The minimum atomic E-state index is -3.87. The lowest BCUT2D eigenvalue weighted by molar-refractivity contribution is -0.116. The van der Waals surface area contributed by atoms with E-state index >= 15 is 0 Å². The van der Waals surface area contributed by atoms with Crippen LogP contribution in [-0.4, -0.2) is 30.7 Å². The molecule has 170 valence electrons. The average molecular weight is 477 g/mol. The number of hydrogen-bond acceptors (Lipinski definition) is 5. The highest BCUT2D eigenvalue weighted by Crippen LogP contribution is 2.24. The molecule has 0 aliphatic heterocycles. The van der Waals surface area contributed by atoms with Crippen molar-refractivity contribution in [3.8, 4) is 5.75 Å². The number of benzene rings is 2. The maximum absolute atomic E-state index is 13.0. The van der Waals surface area contributed by atoms with E-state index in [1.54, 1.807) is 57.2 Å². The van der Waals surface area contributed by atoms with Gasteiger partial charge in [-0.05, 0) is 69.7 Å². The molecule has 0 saturated heterocycles. The minimum Gasteiger partial charge on any atom is -0.494 e. The summed E-state index contributed by atoms with van der Waals surface area (Å²) in [5, 5.41) is 7.47. The van der Waals surface area contributed by atoms with Gasteiger partial charge in [-0.15, -0.1) is 0 Å². The van der Waals surface area contributed by atoms with Crippen molar-refractivity contribution in [2.45, 2.75) is 39.1 Å². The summed E-state index contributed by atoms with van der Waals surface area (Å²) in [6.07, 6.45) is 0. The molecule has 0 bridgehead atoms. The van der Waals surface area contributed by atoms with Crippen molar-refractivity contribution in [2.75, 3.05) is 16.6 Å². The second-order valence-corrected chi connectivity index (χ2v) is 9.26. The summed E-state index contributed by atoms with van der Waals surface area (Å²) < 4.78 is 35.4. The molecular weight excluding hydrogens is 452 g/mol. The molecule has 3 aromatic rings. The number of nitrogens with one attached hydrogen (secondary N) is 2. The first-order valence-corrected chi connectivity index (χ1v) is 11.8. The van der Waals surface area contributed by atoms with Gasteiger partial charge in [0.1, 0.15) is 12.3 Å². The zero-order valence-corrected chi connectivity index (χ0v) is 19.8. The van der Waals surface area contributed by atoms with Crippen LogP contribution in [0.2, 0.25) is 5.02 Å². The van der Waals surface area contributed by atoms with E-state index in [2.05, 4.69) is 15.1 Å². The molecule has 10 heteroatoms. The molecule has 0 atom stereocenters. The molecule has 2 aromatic carbocycles. The molecule has 32 heavy (non-hydrogen) atoms. The van der Waals surface area contributed by atoms with Gasteiger partial charge in [0.2, 0.25) is 5.91 Å². The van der Waals surface area contributed by atoms with E-state index in [0.29, 0.717) is 45.7 Å². The number of sulfonamides is 1. The van der Waals surface area contributed by atoms with Crippen LogP contribution in [0, 0.1) is 20.8 Å². The van der Waals surface area contributed by atoms with Crippen LogP contribution in [0.3, 0.4) is 0 Å². The van der Waals surface area contributed by atoms with Gasteiger partial charge in [-0.3, -0.25) is 14.2 Å². The third-order valence-electron chi connectivity index (χ3n) is 4.77. The first-order valence-electron chi connectivity index (χ1n) is 9.96. The molecule has 0 radical (unpaired) electrons. The maximum atomic E-state index is 13.0. The summed E-state index contributed by atoms with van der Waals surface area (Å²) in [5.74, 6) is 0.305.